The molecule has 0 fully saturated rings. The van der Waals surface area contributed by atoms with Gasteiger partial charge in [0.2, 0.25) is 5.91 Å². The monoisotopic (exact) mass is 419 g/mol. The van der Waals surface area contributed by atoms with E-state index >= 15 is 0 Å². The lowest BCUT2D eigenvalue weighted by Crippen LogP contribution is -2.34. The molecular formula is C27H37N3O. The fraction of sp³-hybridized carbons (Fsp3) is 0.444. The molecule has 0 aliphatic carbocycles. The summed E-state index contributed by atoms with van der Waals surface area (Å²) in [6.07, 6.45) is 4.75. The highest BCUT2D eigenvalue weighted by Crippen LogP contribution is 2.34. The molecule has 0 aliphatic rings. The van der Waals surface area contributed by atoms with Gasteiger partial charge in [0, 0.05) is 42.5 Å². The molecular weight excluding hydrogens is 382 g/mol. The number of aromatic nitrogens is 1. The first-order valence-corrected chi connectivity index (χ1v) is 11.6. The maximum atomic E-state index is 13.0. The van der Waals surface area contributed by atoms with Crippen molar-refractivity contribution >= 4 is 16.8 Å². The molecule has 3 rings (SSSR count). The van der Waals surface area contributed by atoms with Crippen molar-refractivity contribution in [1.82, 2.24) is 14.8 Å². The molecule has 2 unspecified atom stereocenters. The largest absolute Gasteiger partial charge is 0.354 e. The third-order valence-corrected chi connectivity index (χ3v) is 6.31. The highest BCUT2D eigenvalue weighted by molar-refractivity contribution is 5.86. The van der Waals surface area contributed by atoms with E-state index in [0.29, 0.717) is 6.42 Å². The van der Waals surface area contributed by atoms with E-state index < -0.39 is 0 Å². The minimum Gasteiger partial charge on any atom is -0.354 e. The second-order valence-electron chi connectivity index (χ2n) is 8.52. The van der Waals surface area contributed by atoms with Crippen molar-refractivity contribution in [2.24, 2.45) is 7.05 Å². The van der Waals surface area contributed by atoms with Crippen LogP contribution in [0.5, 0.6) is 0 Å². The first-order valence-electron chi connectivity index (χ1n) is 11.6. The first-order chi connectivity index (χ1) is 15.0. The van der Waals surface area contributed by atoms with Gasteiger partial charge in [0.05, 0.1) is 0 Å². The molecule has 4 heteroatoms. The smallest absolute Gasteiger partial charge is 0.221 e. The summed E-state index contributed by atoms with van der Waals surface area (Å²) < 4.78 is 2.16. The van der Waals surface area contributed by atoms with Gasteiger partial charge in [0.15, 0.2) is 0 Å². The van der Waals surface area contributed by atoms with Crippen LogP contribution in [0.25, 0.3) is 10.9 Å². The summed E-state index contributed by atoms with van der Waals surface area (Å²) in [4.78, 5) is 15.5. The van der Waals surface area contributed by atoms with Crippen LogP contribution in [0.1, 0.15) is 57.1 Å². The van der Waals surface area contributed by atoms with E-state index in [9.17, 15) is 4.79 Å². The van der Waals surface area contributed by atoms with Gasteiger partial charge in [-0.2, -0.15) is 0 Å². The molecule has 0 bridgehead atoms. The van der Waals surface area contributed by atoms with Gasteiger partial charge >= 0.3 is 0 Å². The number of nitrogens with zero attached hydrogens (tertiary/aromatic N) is 2. The molecule has 1 aromatic heterocycles. The Bertz CT molecular complexity index is 959. The number of benzene rings is 2. The molecule has 1 heterocycles. The summed E-state index contributed by atoms with van der Waals surface area (Å²) in [7, 11) is 2.08. The minimum atomic E-state index is 0.0372. The zero-order valence-corrected chi connectivity index (χ0v) is 19.5. The van der Waals surface area contributed by atoms with Gasteiger partial charge in [-0.15, -0.1) is 0 Å². The molecule has 0 saturated carbocycles. The van der Waals surface area contributed by atoms with Crippen LogP contribution in [-0.4, -0.2) is 41.1 Å². The topological polar surface area (TPSA) is 37.3 Å². The maximum Gasteiger partial charge on any atom is 0.221 e. The van der Waals surface area contributed by atoms with Crippen molar-refractivity contribution in [2.45, 2.75) is 52.0 Å². The molecule has 3 aromatic rings. The Morgan fingerprint density at radius 3 is 2.42 bits per heavy atom. The van der Waals surface area contributed by atoms with E-state index in [1.54, 1.807) is 0 Å². The van der Waals surface area contributed by atoms with E-state index in [2.05, 4.69) is 97.3 Å². The van der Waals surface area contributed by atoms with Gasteiger partial charge in [-0.3, -0.25) is 4.79 Å². The van der Waals surface area contributed by atoms with Crippen LogP contribution in [-0.2, 0) is 11.8 Å². The van der Waals surface area contributed by atoms with Crippen molar-refractivity contribution in [3.05, 3.63) is 71.9 Å². The van der Waals surface area contributed by atoms with E-state index in [1.807, 2.05) is 6.07 Å². The summed E-state index contributed by atoms with van der Waals surface area (Å²) >= 11 is 0. The molecule has 0 radical (unpaired) electrons. The standard InChI is InChI=1S/C27H37N3O/c1-5-30(6-2)18-12-13-21(3)28-27(31)19-24(22-14-8-7-9-15-22)25-20-29(4)26-17-11-10-16-23(25)26/h7-11,14-17,20-21,24H,5-6,12-13,18-19H2,1-4H3,(H,28,31). The Morgan fingerprint density at radius 2 is 1.71 bits per heavy atom. The zero-order chi connectivity index (χ0) is 22.2. The van der Waals surface area contributed by atoms with Gasteiger partial charge in [-0.1, -0.05) is 62.4 Å². The first kappa shape index (κ1) is 23.1. The number of hydrogen-bond acceptors (Lipinski definition) is 2. The van der Waals surface area contributed by atoms with Crippen LogP contribution in [0, 0.1) is 0 Å². The summed E-state index contributed by atoms with van der Waals surface area (Å²) in [5, 5.41) is 4.47. The Labute approximate surface area is 187 Å². The lowest BCUT2D eigenvalue weighted by Gasteiger charge is -2.21. The maximum absolute atomic E-state index is 13.0. The molecule has 0 saturated heterocycles. The van der Waals surface area contributed by atoms with Crippen LogP contribution in [0.3, 0.4) is 0 Å². The van der Waals surface area contributed by atoms with Gasteiger partial charge in [0.1, 0.15) is 0 Å². The molecule has 0 aliphatic heterocycles. The summed E-state index contributed by atoms with van der Waals surface area (Å²) in [5.41, 5.74) is 3.60. The van der Waals surface area contributed by atoms with Crippen LogP contribution in [0.4, 0.5) is 0 Å². The highest BCUT2D eigenvalue weighted by Gasteiger charge is 2.22. The van der Waals surface area contributed by atoms with Gasteiger partial charge in [0.25, 0.3) is 0 Å². The van der Waals surface area contributed by atoms with Crippen LogP contribution in [0.2, 0.25) is 0 Å². The molecule has 2 atom stereocenters. The molecule has 1 N–H and O–H groups in total. The Kier molecular flexibility index (Phi) is 8.30. The van der Waals surface area contributed by atoms with Crippen molar-refractivity contribution in [3.63, 3.8) is 0 Å². The SMILES string of the molecule is CCN(CC)CCCC(C)NC(=O)CC(c1ccccc1)c1cn(C)c2ccccc12. The van der Waals surface area contributed by atoms with E-state index in [4.69, 9.17) is 0 Å². The second-order valence-corrected chi connectivity index (χ2v) is 8.52. The van der Waals surface area contributed by atoms with Gasteiger partial charge in [-0.25, -0.2) is 0 Å². The Hall–Kier alpha value is -2.59. The van der Waals surface area contributed by atoms with E-state index in [-0.39, 0.29) is 17.9 Å². The third kappa shape index (κ3) is 5.98. The normalized spacial score (nSPS) is 13.5. The molecule has 4 nitrogen and oxygen atoms in total. The van der Waals surface area contributed by atoms with Gasteiger partial charge in [-0.05, 0) is 56.6 Å². The van der Waals surface area contributed by atoms with E-state index in [0.717, 1.165) is 32.5 Å². The predicted molar refractivity (Wildman–Crippen MR) is 130 cm³/mol. The molecule has 1 amide bonds. The quantitative estimate of drug-likeness (QED) is 0.456. The lowest BCUT2D eigenvalue weighted by atomic mass is 9.88. The fourth-order valence-electron chi connectivity index (χ4n) is 4.50. The fourth-order valence-corrected chi connectivity index (χ4v) is 4.50. The van der Waals surface area contributed by atoms with Crippen molar-refractivity contribution in [1.29, 1.82) is 0 Å². The molecule has 31 heavy (non-hydrogen) atoms. The molecule has 0 spiro atoms. The van der Waals surface area contributed by atoms with Gasteiger partial charge < -0.3 is 14.8 Å². The summed E-state index contributed by atoms with van der Waals surface area (Å²) in [6, 6.07) is 19.0. The Morgan fingerprint density at radius 1 is 1.03 bits per heavy atom. The number of fused-ring (bicyclic) bond motifs is 1. The van der Waals surface area contributed by atoms with Crippen molar-refractivity contribution < 1.29 is 4.79 Å². The lowest BCUT2D eigenvalue weighted by molar-refractivity contribution is -0.121. The summed E-state index contributed by atoms with van der Waals surface area (Å²) in [5.74, 6) is 0.160. The Balaban J connectivity index is 1.72. The second kappa shape index (κ2) is 11.1. The average molecular weight is 420 g/mol. The zero-order valence-electron chi connectivity index (χ0n) is 19.5. The number of nitrogens with one attached hydrogen (secondary N) is 1. The third-order valence-electron chi connectivity index (χ3n) is 6.31. The number of hydrogen-bond donors (Lipinski definition) is 1. The minimum absolute atomic E-state index is 0.0372. The number of rotatable bonds is 11. The van der Waals surface area contributed by atoms with Crippen LogP contribution in [0.15, 0.2) is 60.8 Å². The predicted octanol–water partition coefficient (Wildman–Crippen LogP) is 5.33. The number of aryl methyl sites for hydroxylation is 1. The number of carbonyl (C=O) groups is 1. The van der Waals surface area contributed by atoms with E-state index in [1.165, 1.54) is 22.0 Å². The van der Waals surface area contributed by atoms with Crippen molar-refractivity contribution in [3.8, 4) is 0 Å². The molecule has 166 valence electrons. The van der Waals surface area contributed by atoms with Crippen molar-refractivity contribution in [2.75, 3.05) is 19.6 Å². The number of amides is 1. The molecule has 2 aromatic carbocycles. The highest BCUT2D eigenvalue weighted by atomic mass is 16.1. The van der Waals surface area contributed by atoms with Crippen LogP contribution < -0.4 is 5.32 Å². The van der Waals surface area contributed by atoms with Crippen LogP contribution >= 0.6 is 0 Å². The number of carbonyl (C=O) groups excluding carboxylic acids is 1. The summed E-state index contributed by atoms with van der Waals surface area (Å²) in [6.45, 7) is 9.78. The number of para-hydroxylation sites is 1. The average Bonchev–Trinajstić information content (AvgIpc) is 3.12.